The first-order valence-corrected chi connectivity index (χ1v) is 7.73. The van der Waals surface area contributed by atoms with E-state index in [4.69, 9.17) is 11.6 Å². The number of aromatic amines is 1. The Balaban J connectivity index is 1.64. The minimum atomic E-state index is -0.207. The predicted octanol–water partition coefficient (Wildman–Crippen LogP) is 2.53. The van der Waals surface area contributed by atoms with Crippen LogP contribution in [0.1, 0.15) is 6.42 Å². The second kappa shape index (κ2) is 3.98. The second-order valence-electron chi connectivity index (χ2n) is 6.25. The summed E-state index contributed by atoms with van der Waals surface area (Å²) in [5.41, 5.74) is 0.723. The number of fused-ring (bicyclic) bond motifs is 6. The maximum absolute atomic E-state index is 12.8. The van der Waals surface area contributed by atoms with Crippen molar-refractivity contribution in [2.24, 2.45) is 23.7 Å². The van der Waals surface area contributed by atoms with Gasteiger partial charge in [0, 0.05) is 10.4 Å². The summed E-state index contributed by atoms with van der Waals surface area (Å²) in [6, 6.07) is 5.27. The molecule has 2 heterocycles. The Labute approximate surface area is 130 Å². The molecule has 2 bridgehead atoms. The van der Waals surface area contributed by atoms with Crippen LogP contribution in [0.25, 0.3) is 10.9 Å². The molecule has 3 aliphatic rings. The van der Waals surface area contributed by atoms with E-state index in [0.29, 0.717) is 10.8 Å². The van der Waals surface area contributed by atoms with Crippen molar-refractivity contribution >= 4 is 40.1 Å². The molecule has 2 aromatic rings. The summed E-state index contributed by atoms with van der Waals surface area (Å²) in [5, 5.41) is 8.38. The molecule has 1 N–H and O–H groups in total. The second-order valence-corrected chi connectivity index (χ2v) is 6.69. The summed E-state index contributed by atoms with van der Waals surface area (Å²) in [6.45, 7) is 0. The highest BCUT2D eigenvalue weighted by Gasteiger charge is 2.60. The number of benzene rings is 1. The van der Waals surface area contributed by atoms with Crippen molar-refractivity contribution < 1.29 is 9.59 Å². The number of hydrogen-bond acceptors (Lipinski definition) is 3. The molecule has 1 aromatic carbocycles. The van der Waals surface area contributed by atoms with E-state index in [0.717, 1.165) is 17.3 Å². The fraction of sp³-hybridized carbons (Fsp3) is 0.312. The summed E-state index contributed by atoms with van der Waals surface area (Å²) in [7, 11) is 0. The van der Waals surface area contributed by atoms with Gasteiger partial charge in [-0.1, -0.05) is 23.8 Å². The number of H-pyrrole nitrogens is 1. The molecule has 6 heteroatoms. The van der Waals surface area contributed by atoms with E-state index in [1.807, 2.05) is 0 Å². The Hall–Kier alpha value is -2.14. The Kier molecular flexibility index (Phi) is 2.25. The SMILES string of the molecule is O=C1C2C3C=CC(C3)C2C(=O)N1c1n[nH]c2cc(Cl)ccc12. The first-order chi connectivity index (χ1) is 10.6. The fourth-order valence-electron chi connectivity index (χ4n) is 4.26. The molecule has 1 saturated heterocycles. The van der Waals surface area contributed by atoms with Crippen molar-refractivity contribution in [1.82, 2.24) is 10.2 Å². The van der Waals surface area contributed by atoms with Gasteiger partial charge in [-0.2, -0.15) is 5.10 Å². The third kappa shape index (κ3) is 1.37. The number of allylic oxidation sites excluding steroid dienone is 2. The zero-order valence-corrected chi connectivity index (χ0v) is 12.2. The van der Waals surface area contributed by atoms with Gasteiger partial charge in [-0.15, -0.1) is 0 Å². The lowest BCUT2D eigenvalue weighted by Gasteiger charge is -2.14. The number of nitrogens with zero attached hydrogens (tertiary/aromatic N) is 2. The van der Waals surface area contributed by atoms with E-state index < -0.39 is 0 Å². The average molecular weight is 314 g/mol. The summed E-state index contributed by atoms with van der Waals surface area (Å²) in [6.07, 6.45) is 5.10. The first-order valence-electron chi connectivity index (χ1n) is 7.35. The van der Waals surface area contributed by atoms with Gasteiger partial charge in [0.2, 0.25) is 11.8 Å². The lowest BCUT2D eigenvalue weighted by atomic mass is 9.85. The summed E-state index contributed by atoms with van der Waals surface area (Å²) in [5.74, 6) is 0.163. The lowest BCUT2D eigenvalue weighted by molar-refractivity contribution is -0.123. The average Bonchev–Trinajstić information content (AvgIpc) is 3.23. The molecule has 2 amide bonds. The molecule has 2 aliphatic carbocycles. The van der Waals surface area contributed by atoms with Crippen LogP contribution >= 0.6 is 11.6 Å². The molecule has 1 saturated carbocycles. The van der Waals surface area contributed by atoms with Crippen molar-refractivity contribution in [3.63, 3.8) is 0 Å². The van der Waals surface area contributed by atoms with Gasteiger partial charge in [0.05, 0.1) is 17.4 Å². The van der Waals surface area contributed by atoms with Crippen LogP contribution in [0.3, 0.4) is 0 Å². The number of aromatic nitrogens is 2. The van der Waals surface area contributed by atoms with Crippen molar-refractivity contribution in [3.8, 4) is 0 Å². The van der Waals surface area contributed by atoms with E-state index in [-0.39, 0.29) is 35.5 Å². The quantitative estimate of drug-likeness (QED) is 0.650. The minimum Gasteiger partial charge on any atom is -0.276 e. The van der Waals surface area contributed by atoms with Crippen LogP contribution in [0.2, 0.25) is 5.02 Å². The van der Waals surface area contributed by atoms with Crippen LogP contribution in [0.5, 0.6) is 0 Å². The molecule has 110 valence electrons. The molecule has 4 atom stereocenters. The molecule has 5 rings (SSSR count). The molecule has 1 aromatic heterocycles. The first kappa shape index (κ1) is 12.4. The van der Waals surface area contributed by atoms with Gasteiger partial charge >= 0.3 is 0 Å². The Morgan fingerprint density at radius 2 is 1.82 bits per heavy atom. The highest BCUT2D eigenvalue weighted by molar-refractivity contribution is 6.31. The largest absolute Gasteiger partial charge is 0.276 e. The van der Waals surface area contributed by atoms with Gasteiger partial charge in [-0.3, -0.25) is 14.7 Å². The van der Waals surface area contributed by atoms with Crippen LogP contribution in [-0.4, -0.2) is 22.0 Å². The zero-order valence-electron chi connectivity index (χ0n) is 11.5. The van der Waals surface area contributed by atoms with E-state index in [1.54, 1.807) is 18.2 Å². The van der Waals surface area contributed by atoms with Crippen molar-refractivity contribution in [3.05, 3.63) is 35.4 Å². The molecule has 0 spiro atoms. The van der Waals surface area contributed by atoms with Crippen LogP contribution in [0.15, 0.2) is 30.4 Å². The number of amides is 2. The van der Waals surface area contributed by atoms with E-state index in [1.165, 1.54) is 4.90 Å². The smallest absolute Gasteiger partial charge is 0.239 e. The molecular weight excluding hydrogens is 302 g/mol. The van der Waals surface area contributed by atoms with E-state index in [9.17, 15) is 9.59 Å². The number of carbonyl (C=O) groups excluding carboxylic acids is 2. The van der Waals surface area contributed by atoms with Crippen LogP contribution < -0.4 is 4.90 Å². The maximum Gasteiger partial charge on any atom is 0.239 e. The minimum absolute atomic E-state index is 0.116. The molecule has 5 nitrogen and oxygen atoms in total. The molecule has 22 heavy (non-hydrogen) atoms. The molecular formula is C16H12ClN3O2. The van der Waals surface area contributed by atoms with E-state index >= 15 is 0 Å². The number of hydrogen-bond donors (Lipinski definition) is 1. The highest BCUT2D eigenvalue weighted by Crippen LogP contribution is 2.53. The molecule has 4 unspecified atom stereocenters. The monoisotopic (exact) mass is 313 g/mol. The Morgan fingerprint density at radius 3 is 2.50 bits per heavy atom. The summed E-state index contributed by atoms with van der Waals surface area (Å²) < 4.78 is 0. The van der Waals surface area contributed by atoms with Crippen molar-refractivity contribution in [1.29, 1.82) is 0 Å². The number of halogens is 1. The fourth-order valence-corrected chi connectivity index (χ4v) is 4.43. The summed E-state index contributed by atoms with van der Waals surface area (Å²) in [4.78, 5) is 26.8. The third-order valence-electron chi connectivity index (χ3n) is 5.19. The number of nitrogens with one attached hydrogen (secondary N) is 1. The maximum atomic E-state index is 12.8. The van der Waals surface area contributed by atoms with Gasteiger partial charge < -0.3 is 0 Å². The van der Waals surface area contributed by atoms with Gasteiger partial charge in [0.25, 0.3) is 0 Å². The van der Waals surface area contributed by atoms with Gasteiger partial charge in [0.15, 0.2) is 5.82 Å². The molecule has 0 radical (unpaired) electrons. The summed E-state index contributed by atoms with van der Waals surface area (Å²) >= 11 is 5.97. The number of carbonyl (C=O) groups is 2. The van der Waals surface area contributed by atoms with Crippen molar-refractivity contribution in [2.45, 2.75) is 6.42 Å². The Bertz CT molecular complexity index is 841. The molecule has 1 aliphatic heterocycles. The zero-order chi connectivity index (χ0) is 15.0. The number of rotatable bonds is 1. The topological polar surface area (TPSA) is 66.1 Å². The van der Waals surface area contributed by atoms with Crippen molar-refractivity contribution in [2.75, 3.05) is 4.90 Å². The third-order valence-corrected chi connectivity index (χ3v) is 5.42. The normalized spacial score (nSPS) is 32.5. The lowest BCUT2D eigenvalue weighted by Crippen LogP contribution is -2.33. The van der Waals surface area contributed by atoms with Crippen LogP contribution in [0, 0.1) is 23.7 Å². The number of anilines is 1. The van der Waals surface area contributed by atoms with E-state index in [2.05, 4.69) is 22.3 Å². The standard InChI is InChI=1S/C16H12ClN3O2/c17-9-3-4-10-11(6-9)18-19-14(10)20-15(21)12-7-1-2-8(5-7)13(12)16(20)22/h1-4,6-8,12-13H,5H2,(H,18,19). The van der Waals surface area contributed by atoms with Gasteiger partial charge in [0.1, 0.15) is 0 Å². The highest BCUT2D eigenvalue weighted by atomic mass is 35.5. The van der Waals surface area contributed by atoms with Crippen LogP contribution in [0.4, 0.5) is 5.82 Å². The number of imide groups is 1. The Morgan fingerprint density at radius 1 is 1.14 bits per heavy atom. The predicted molar refractivity (Wildman–Crippen MR) is 81.3 cm³/mol. The van der Waals surface area contributed by atoms with Gasteiger partial charge in [-0.25, -0.2) is 4.90 Å². The van der Waals surface area contributed by atoms with Gasteiger partial charge in [-0.05, 0) is 36.5 Å². The van der Waals surface area contributed by atoms with Crippen LogP contribution in [-0.2, 0) is 9.59 Å². The molecule has 2 fully saturated rings.